The van der Waals surface area contributed by atoms with Gasteiger partial charge in [0.05, 0.1) is 18.6 Å². The molecular weight excluding hydrogens is 228 g/mol. The predicted molar refractivity (Wildman–Crippen MR) is 64.2 cm³/mol. The second kappa shape index (κ2) is 5.18. The second-order valence-corrected chi connectivity index (χ2v) is 5.23. The molecule has 6 heteroatoms. The van der Waals surface area contributed by atoms with Gasteiger partial charge in [-0.25, -0.2) is 8.42 Å². The molecule has 0 unspecified atom stereocenters. The molecule has 0 aliphatic heterocycles. The van der Waals surface area contributed by atoms with Crippen molar-refractivity contribution in [2.45, 2.75) is 6.92 Å². The molecular formula is C10H16N2O3S. The maximum atomic E-state index is 11.5. The zero-order chi connectivity index (χ0) is 12.2. The molecule has 0 heterocycles. The lowest BCUT2D eigenvalue weighted by molar-refractivity contribution is 0.414. The van der Waals surface area contributed by atoms with E-state index < -0.39 is 10.0 Å². The SMILES string of the molecule is COc1ccc(NS(=O)(=O)CCN)c(C)c1. The topological polar surface area (TPSA) is 81.4 Å². The molecule has 0 aliphatic carbocycles. The zero-order valence-electron chi connectivity index (χ0n) is 9.36. The standard InChI is InChI=1S/C10H16N2O3S/c1-8-7-9(15-2)3-4-10(8)12-16(13,14)6-5-11/h3-4,7,12H,5-6,11H2,1-2H3. The minimum Gasteiger partial charge on any atom is -0.497 e. The summed E-state index contributed by atoms with van der Waals surface area (Å²) in [6.07, 6.45) is 0. The van der Waals surface area contributed by atoms with Crippen molar-refractivity contribution in [3.8, 4) is 5.75 Å². The van der Waals surface area contributed by atoms with E-state index in [0.717, 1.165) is 5.56 Å². The molecule has 0 saturated carbocycles. The minimum atomic E-state index is -3.34. The molecule has 1 rings (SSSR count). The Kier molecular flexibility index (Phi) is 4.14. The van der Waals surface area contributed by atoms with E-state index in [0.29, 0.717) is 11.4 Å². The van der Waals surface area contributed by atoms with Crippen LogP contribution in [0.15, 0.2) is 18.2 Å². The Morgan fingerprint density at radius 3 is 2.62 bits per heavy atom. The number of hydrogen-bond donors (Lipinski definition) is 2. The summed E-state index contributed by atoms with van der Waals surface area (Å²) in [4.78, 5) is 0. The fraction of sp³-hybridized carbons (Fsp3) is 0.400. The summed E-state index contributed by atoms with van der Waals surface area (Å²) in [7, 11) is -1.78. The molecule has 0 radical (unpaired) electrons. The number of anilines is 1. The Hall–Kier alpha value is -1.27. The lowest BCUT2D eigenvalue weighted by Crippen LogP contribution is -2.22. The number of nitrogens with two attached hydrogens (primary N) is 1. The normalized spacial score (nSPS) is 11.2. The van der Waals surface area contributed by atoms with Gasteiger partial charge in [0.1, 0.15) is 5.75 Å². The van der Waals surface area contributed by atoms with Gasteiger partial charge in [-0.2, -0.15) is 0 Å². The van der Waals surface area contributed by atoms with Crippen molar-refractivity contribution in [2.75, 3.05) is 24.1 Å². The molecule has 1 aromatic rings. The quantitative estimate of drug-likeness (QED) is 0.799. The first-order valence-electron chi connectivity index (χ1n) is 4.83. The van der Waals surface area contributed by atoms with E-state index in [-0.39, 0.29) is 12.3 Å². The third kappa shape index (κ3) is 3.39. The third-order valence-electron chi connectivity index (χ3n) is 2.09. The first-order chi connectivity index (χ1) is 7.48. The van der Waals surface area contributed by atoms with Crippen LogP contribution in [-0.2, 0) is 10.0 Å². The van der Waals surface area contributed by atoms with Crippen LogP contribution in [0.3, 0.4) is 0 Å². The molecule has 0 spiro atoms. The van der Waals surface area contributed by atoms with Crippen LogP contribution < -0.4 is 15.2 Å². The van der Waals surface area contributed by atoms with Crippen LogP contribution >= 0.6 is 0 Å². The molecule has 0 fully saturated rings. The molecule has 0 saturated heterocycles. The molecule has 0 aromatic heterocycles. The van der Waals surface area contributed by atoms with Crippen molar-refractivity contribution in [2.24, 2.45) is 5.73 Å². The Balaban J connectivity index is 2.90. The highest BCUT2D eigenvalue weighted by Gasteiger charge is 2.10. The van der Waals surface area contributed by atoms with Crippen LogP contribution in [0.25, 0.3) is 0 Å². The smallest absolute Gasteiger partial charge is 0.233 e. The van der Waals surface area contributed by atoms with Gasteiger partial charge in [-0.3, -0.25) is 4.72 Å². The van der Waals surface area contributed by atoms with E-state index in [2.05, 4.69) is 4.72 Å². The van der Waals surface area contributed by atoms with E-state index in [1.54, 1.807) is 25.3 Å². The minimum absolute atomic E-state index is 0.0849. The highest BCUT2D eigenvalue weighted by molar-refractivity contribution is 7.92. The number of aryl methyl sites for hydroxylation is 1. The van der Waals surface area contributed by atoms with Crippen molar-refractivity contribution in [3.63, 3.8) is 0 Å². The number of hydrogen-bond acceptors (Lipinski definition) is 4. The fourth-order valence-corrected chi connectivity index (χ4v) is 2.23. The maximum Gasteiger partial charge on any atom is 0.233 e. The Labute approximate surface area is 95.7 Å². The monoisotopic (exact) mass is 244 g/mol. The van der Waals surface area contributed by atoms with Crippen LogP contribution in [0.2, 0.25) is 0 Å². The lowest BCUT2D eigenvalue weighted by atomic mass is 10.2. The average Bonchev–Trinajstić information content (AvgIpc) is 2.20. The van der Waals surface area contributed by atoms with Gasteiger partial charge in [0.2, 0.25) is 10.0 Å². The first kappa shape index (κ1) is 12.8. The summed E-state index contributed by atoms with van der Waals surface area (Å²) in [5, 5.41) is 0. The highest BCUT2D eigenvalue weighted by Crippen LogP contribution is 2.21. The number of sulfonamides is 1. The van der Waals surface area contributed by atoms with Gasteiger partial charge >= 0.3 is 0 Å². The highest BCUT2D eigenvalue weighted by atomic mass is 32.2. The second-order valence-electron chi connectivity index (χ2n) is 3.39. The molecule has 90 valence electrons. The summed E-state index contributed by atoms with van der Waals surface area (Å²) < 4.78 is 30.5. The number of benzene rings is 1. The van der Waals surface area contributed by atoms with E-state index in [9.17, 15) is 8.42 Å². The molecule has 16 heavy (non-hydrogen) atoms. The van der Waals surface area contributed by atoms with Crippen LogP contribution in [0.1, 0.15) is 5.56 Å². The van der Waals surface area contributed by atoms with E-state index >= 15 is 0 Å². The summed E-state index contributed by atoms with van der Waals surface area (Å²) in [5.74, 6) is 0.609. The molecule has 0 atom stereocenters. The van der Waals surface area contributed by atoms with E-state index in [1.165, 1.54) is 0 Å². The van der Waals surface area contributed by atoms with Crippen molar-refractivity contribution in [3.05, 3.63) is 23.8 Å². The Morgan fingerprint density at radius 2 is 2.12 bits per heavy atom. The number of nitrogens with one attached hydrogen (secondary N) is 1. The zero-order valence-corrected chi connectivity index (χ0v) is 10.2. The molecule has 5 nitrogen and oxygen atoms in total. The van der Waals surface area contributed by atoms with Crippen LogP contribution in [0, 0.1) is 6.92 Å². The third-order valence-corrected chi connectivity index (χ3v) is 3.39. The molecule has 3 N–H and O–H groups in total. The van der Waals surface area contributed by atoms with Crippen LogP contribution in [0.4, 0.5) is 5.69 Å². The van der Waals surface area contributed by atoms with E-state index in [1.807, 2.05) is 6.92 Å². The predicted octanol–water partition coefficient (Wildman–Crippen LogP) is 0.704. The van der Waals surface area contributed by atoms with Gasteiger partial charge in [-0.15, -0.1) is 0 Å². The summed E-state index contributed by atoms with van der Waals surface area (Å²) >= 11 is 0. The van der Waals surface area contributed by atoms with Gasteiger partial charge in [0.15, 0.2) is 0 Å². The Morgan fingerprint density at radius 1 is 1.44 bits per heavy atom. The van der Waals surface area contributed by atoms with Gasteiger partial charge in [-0.1, -0.05) is 0 Å². The van der Waals surface area contributed by atoms with E-state index in [4.69, 9.17) is 10.5 Å². The maximum absolute atomic E-state index is 11.5. The summed E-state index contributed by atoms with van der Waals surface area (Å²) in [6, 6.07) is 5.13. The van der Waals surface area contributed by atoms with Crippen LogP contribution in [-0.4, -0.2) is 27.8 Å². The van der Waals surface area contributed by atoms with Gasteiger partial charge in [0, 0.05) is 6.54 Å². The Bertz CT molecular complexity index is 457. The van der Waals surface area contributed by atoms with Crippen molar-refractivity contribution in [1.82, 2.24) is 0 Å². The van der Waals surface area contributed by atoms with Gasteiger partial charge < -0.3 is 10.5 Å². The van der Waals surface area contributed by atoms with Gasteiger partial charge in [0.25, 0.3) is 0 Å². The first-order valence-corrected chi connectivity index (χ1v) is 6.49. The molecule has 0 amide bonds. The summed E-state index contributed by atoms with van der Waals surface area (Å²) in [6.45, 7) is 1.91. The average molecular weight is 244 g/mol. The largest absolute Gasteiger partial charge is 0.497 e. The number of ether oxygens (including phenoxy) is 1. The fourth-order valence-electron chi connectivity index (χ4n) is 1.25. The van der Waals surface area contributed by atoms with Crippen molar-refractivity contribution >= 4 is 15.7 Å². The molecule has 0 bridgehead atoms. The molecule has 1 aromatic carbocycles. The number of rotatable bonds is 5. The van der Waals surface area contributed by atoms with Crippen LogP contribution in [0.5, 0.6) is 5.75 Å². The van der Waals surface area contributed by atoms with Crippen molar-refractivity contribution in [1.29, 1.82) is 0 Å². The lowest BCUT2D eigenvalue weighted by Gasteiger charge is -2.10. The van der Waals surface area contributed by atoms with Crippen molar-refractivity contribution < 1.29 is 13.2 Å². The summed E-state index contributed by atoms with van der Waals surface area (Å²) in [5.41, 5.74) is 6.57. The molecule has 0 aliphatic rings. The van der Waals surface area contributed by atoms with Gasteiger partial charge in [-0.05, 0) is 30.7 Å². The number of methoxy groups -OCH3 is 1.